The number of nitrogens with zero attached hydrogens (tertiary/aromatic N) is 2. The van der Waals surface area contributed by atoms with Crippen molar-refractivity contribution in [2.45, 2.75) is 25.7 Å². The molecule has 0 aliphatic carbocycles. The Hall–Kier alpha value is -1.85. The zero-order valence-electron chi connectivity index (χ0n) is 13.1. The summed E-state index contributed by atoms with van der Waals surface area (Å²) >= 11 is 0. The molecule has 1 aliphatic heterocycles. The van der Waals surface area contributed by atoms with Crippen LogP contribution in [-0.4, -0.2) is 28.8 Å². The summed E-state index contributed by atoms with van der Waals surface area (Å²) in [6.07, 6.45) is 7.56. The molecule has 3 rings (SSSR count). The van der Waals surface area contributed by atoms with Crippen LogP contribution in [0.5, 0.6) is 0 Å². The van der Waals surface area contributed by atoms with E-state index in [0.29, 0.717) is 12.3 Å². The van der Waals surface area contributed by atoms with Gasteiger partial charge >= 0.3 is 0 Å². The summed E-state index contributed by atoms with van der Waals surface area (Å²) in [6.45, 7) is 2.16. The molecule has 1 aromatic heterocycles. The number of benzene rings is 1. The minimum atomic E-state index is 0. The van der Waals surface area contributed by atoms with E-state index in [0.717, 1.165) is 30.9 Å². The molecule has 5 nitrogen and oxygen atoms in total. The molecule has 0 spiro atoms. The van der Waals surface area contributed by atoms with Gasteiger partial charge in [0.05, 0.1) is 5.69 Å². The third kappa shape index (κ3) is 5.08. The summed E-state index contributed by atoms with van der Waals surface area (Å²) in [4.78, 5) is 12.1. The van der Waals surface area contributed by atoms with Crippen molar-refractivity contribution in [1.29, 1.82) is 0 Å². The molecule has 1 fully saturated rings. The van der Waals surface area contributed by atoms with Crippen LogP contribution in [0.25, 0.3) is 5.69 Å². The zero-order valence-corrected chi connectivity index (χ0v) is 13.9. The third-order valence-electron chi connectivity index (χ3n) is 4.14. The average Bonchev–Trinajstić information content (AvgIpc) is 3.09. The van der Waals surface area contributed by atoms with Crippen LogP contribution in [0.4, 0.5) is 5.69 Å². The minimum Gasteiger partial charge on any atom is -0.326 e. The number of aromatic nitrogens is 2. The van der Waals surface area contributed by atoms with Crippen LogP contribution < -0.4 is 10.6 Å². The first-order chi connectivity index (χ1) is 10.8. The molecule has 124 valence electrons. The molecule has 23 heavy (non-hydrogen) atoms. The Bertz CT molecular complexity index is 609. The van der Waals surface area contributed by atoms with Crippen LogP contribution >= 0.6 is 12.4 Å². The Labute approximate surface area is 142 Å². The Balaban J connectivity index is 0.00000192. The van der Waals surface area contributed by atoms with Gasteiger partial charge in [-0.1, -0.05) is 6.07 Å². The molecule has 0 radical (unpaired) electrons. The van der Waals surface area contributed by atoms with Gasteiger partial charge in [0, 0.05) is 24.5 Å². The van der Waals surface area contributed by atoms with Gasteiger partial charge in [-0.2, -0.15) is 5.10 Å². The normalized spacial score (nSPS) is 15.0. The lowest BCUT2D eigenvalue weighted by Gasteiger charge is -2.22. The minimum absolute atomic E-state index is 0. The first-order valence-electron chi connectivity index (χ1n) is 7.92. The highest BCUT2D eigenvalue weighted by Crippen LogP contribution is 2.19. The Morgan fingerprint density at radius 1 is 1.30 bits per heavy atom. The van der Waals surface area contributed by atoms with E-state index >= 15 is 0 Å². The molecule has 1 aliphatic rings. The predicted molar refractivity (Wildman–Crippen MR) is 94.3 cm³/mol. The van der Waals surface area contributed by atoms with Crippen molar-refractivity contribution in [2.24, 2.45) is 5.92 Å². The number of amides is 1. The number of hydrogen-bond donors (Lipinski definition) is 2. The van der Waals surface area contributed by atoms with Crippen molar-refractivity contribution in [3.63, 3.8) is 0 Å². The number of hydrogen-bond acceptors (Lipinski definition) is 3. The van der Waals surface area contributed by atoms with E-state index < -0.39 is 0 Å². The van der Waals surface area contributed by atoms with Crippen molar-refractivity contribution < 1.29 is 4.79 Å². The summed E-state index contributed by atoms with van der Waals surface area (Å²) < 4.78 is 1.78. The van der Waals surface area contributed by atoms with Crippen molar-refractivity contribution in [2.75, 3.05) is 18.4 Å². The molecule has 0 unspecified atom stereocenters. The first kappa shape index (κ1) is 17.5. The second-order valence-corrected chi connectivity index (χ2v) is 5.78. The molecule has 1 aromatic carbocycles. The highest BCUT2D eigenvalue weighted by molar-refractivity contribution is 5.90. The van der Waals surface area contributed by atoms with Crippen molar-refractivity contribution >= 4 is 24.0 Å². The topological polar surface area (TPSA) is 59.0 Å². The third-order valence-corrected chi connectivity index (χ3v) is 4.14. The van der Waals surface area contributed by atoms with E-state index in [1.165, 1.54) is 12.8 Å². The van der Waals surface area contributed by atoms with Gasteiger partial charge in [-0.3, -0.25) is 4.79 Å². The number of nitrogens with one attached hydrogen (secondary N) is 2. The quantitative estimate of drug-likeness (QED) is 0.883. The van der Waals surface area contributed by atoms with Gasteiger partial charge in [-0.05, 0) is 62.5 Å². The van der Waals surface area contributed by atoms with Crippen LogP contribution in [0.2, 0.25) is 0 Å². The molecular weight excluding hydrogens is 312 g/mol. The fourth-order valence-corrected chi connectivity index (χ4v) is 2.88. The van der Waals surface area contributed by atoms with Crippen molar-refractivity contribution in [1.82, 2.24) is 15.1 Å². The fraction of sp³-hybridized carbons (Fsp3) is 0.412. The van der Waals surface area contributed by atoms with E-state index in [9.17, 15) is 4.79 Å². The standard InChI is InChI=1S/C17H22N4O.ClH/c22-17(6-5-14-7-10-18-11-8-14)20-15-3-1-4-16(13-15)21-12-2-9-19-21;/h1-4,9,12-14,18H,5-8,10-11H2,(H,20,22);1H. The number of halogens is 1. The molecule has 0 saturated carbocycles. The molecule has 6 heteroatoms. The molecule has 0 bridgehead atoms. The Morgan fingerprint density at radius 2 is 2.13 bits per heavy atom. The molecule has 2 heterocycles. The van der Waals surface area contributed by atoms with E-state index in [4.69, 9.17) is 0 Å². The van der Waals surface area contributed by atoms with Crippen LogP contribution in [0.1, 0.15) is 25.7 Å². The van der Waals surface area contributed by atoms with Gasteiger partial charge in [0.15, 0.2) is 0 Å². The lowest BCUT2D eigenvalue weighted by Crippen LogP contribution is -2.28. The maximum Gasteiger partial charge on any atom is 0.224 e. The number of carbonyl (C=O) groups excluding carboxylic acids is 1. The smallest absolute Gasteiger partial charge is 0.224 e. The predicted octanol–water partition coefficient (Wildman–Crippen LogP) is 3.01. The Kier molecular flexibility index (Phi) is 6.62. The van der Waals surface area contributed by atoms with Gasteiger partial charge in [0.25, 0.3) is 0 Å². The zero-order chi connectivity index (χ0) is 15.2. The molecule has 1 saturated heterocycles. The lowest BCUT2D eigenvalue weighted by atomic mass is 9.93. The number of rotatable bonds is 5. The molecular formula is C17H23ClN4O. The summed E-state index contributed by atoms with van der Waals surface area (Å²) in [5, 5.41) is 10.5. The maximum atomic E-state index is 12.1. The highest BCUT2D eigenvalue weighted by Gasteiger charge is 2.14. The summed E-state index contributed by atoms with van der Waals surface area (Å²) in [5.41, 5.74) is 1.77. The van der Waals surface area contributed by atoms with Crippen molar-refractivity contribution in [3.05, 3.63) is 42.7 Å². The monoisotopic (exact) mass is 334 g/mol. The first-order valence-corrected chi connectivity index (χ1v) is 7.92. The van der Waals surface area contributed by atoms with E-state index in [1.807, 2.05) is 36.5 Å². The fourth-order valence-electron chi connectivity index (χ4n) is 2.88. The van der Waals surface area contributed by atoms with Gasteiger partial charge in [-0.15, -0.1) is 12.4 Å². The van der Waals surface area contributed by atoms with Crippen LogP contribution in [0.15, 0.2) is 42.7 Å². The summed E-state index contributed by atoms with van der Waals surface area (Å²) in [6, 6.07) is 9.63. The Morgan fingerprint density at radius 3 is 2.87 bits per heavy atom. The SMILES string of the molecule is Cl.O=C(CCC1CCNCC1)Nc1cccc(-n2cccn2)c1. The van der Waals surface area contributed by atoms with Crippen LogP contribution in [0.3, 0.4) is 0 Å². The molecule has 2 aromatic rings. The summed E-state index contributed by atoms with van der Waals surface area (Å²) in [5.74, 6) is 0.776. The van der Waals surface area contributed by atoms with E-state index in [1.54, 1.807) is 10.9 Å². The summed E-state index contributed by atoms with van der Waals surface area (Å²) in [7, 11) is 0. The molecule has 2 N–H and O–H groups in total. The lowest BCUT2D eigenvalue weighted by molar-refractivity contribution is -0.116. The maximum absolute atomic E-state index is 12.1. The van der Waals surface area contributed by atoms with Gasteiger partial charge < -0.3 is 10.6 Å². The molecule has 1 amide bonds. The van der Waals surface area contributed by atoms with Gasteiger partial charge in [-0.25, -0.2) is 4.68 Å². The average molecular weight is 335 g/mol. The second-order valence-electron chi connectivity index (χ2n) is 5.78. The van der Waals surface area contributed by atoms with E-state index in [-0.39, 0.29) is 18.3 Å². The van der Waals surface area contributed by atoms with Crippen molar-refractivity contribution in [3.8, 4) is 5.69 Å². The second kappa shape index (κ2) is 8.70. The van der Waals surface area contributed by atoms with Gasteiger partial charge in [0.2, 0.25) is 5.91 Å². The molecule has 0 atom stereocenters. The van der Waals surface area contributed by atoms with Crippen LogP contribution in [-0.2, 0) is 4.79 Å². The highest BCUT2D eigenvalue weighted by atomic mass is 35.5. The van der Waals surface area contributed by atoms with Crippen LogP contribution in [0, 0.1) is 5.92 Å². The number of anilines is 1. The van der Waals surface area contributed by atoms with E-state index in [2.05, 4.69) is 15.7 Å². The number of carbonyl (C=O) groups is 1. The number of piperidine rings is 1. The largest absolute Gasteiger partial charge is 0.326 e. The van der Waals surface area contributed by atoms with Gasteiger partial charge in [0.1, 0.15) is 0 Å².